The summed E-state index contributed by atoms with van der Waals surface area (Å²) in [4.78, 5) is 2.35. The van der Waals surface area contributed by atoms with Gasteiger partial charge in [-0.15, -0.1) is 0 Å². The molecule has 2 N–H and O–H groups in total. The maximum Gasteiger partial charge on any atom is 0.0963 e. The zero-order valence-corrected chi connectivity index (χ0v) is 17.2. The zero-order chi connectivity index (χ0) is 20.1. The monoisotopic (exact) mass is 377 g/mol. The van der Waals surface area contributed by atoms with Crippen LogP contribution in [0.25, 0.3) is 5.57 Å². The van der Waals surface area contributed by atoms with Crippen LogP contribution in [0.15, 0.2) is 67.5 Å². The first-order valence-electron chi connectivity index (χ1n) is 9.78. The lowest BCUT2D eigenvalue weighted by molar-refractivity contribution is 0.122. The van der Waals surface area contributed by atoms with Gasteiger partial charge in [-0.1, -0.05) is 36.9 Å². The number of nitrogens with zero attached hydrogens (tertiary/aromatic N) is 1. The molecule has 4 nitrogen and oxygen atoms in total. The highest BCUT2D eigenvalue weighted by molar-refractivity contribution is 5.62. The van der Waals surface area contributed by atoms with E-state index in [2.05, 4.69) is 91.1 Å². The standard InChI is InChI=1S/C24H31N3O/c1-18(2)20-7-6-8-21(17-20)24(4,5)26-19(3)25-22-9-11-23(12-10-22)27-13-15-28-16-14-27/h6-12,17,25-26H,1,3,13-16H2,2,4-5H3. The fourth-order valence-electron chi connectivity index (χ4n) is 3.41. The molecule has 1 heterocycles. The van der Waals surface area contributed by atoms with Crippen LogP contribution in [0.5, 0.6) is 0 Å². The Morgan fingerprint density at radius 1 is 1.04 bits per heavy atom. The molecule has 148 valence electrons. The summed E-state index contributed by atoms with van der Waals surface area (Å²) in [6, 6.07) is 16.9. The zero-order valence-electron chi connectivity index (χ0n) is 17.2. The Kier molecular flexibility index (Phi) is 6.10. The van der Waals surface area contributed by atoms with E-state index in [-0.39, 0.29) is 5.54 Å². The second-order valence-electron chi connectivity index (χ2n) is 7.86. The van der Waals surface area contributed by atoms with Crippen molar-refractivity contribution in [3.05, 3.63) is 78.6 Å². The van der Waals surface area contributed by atoms with Gasteiger partial charge in [0.05, 0.1) is 24.6 Å². The fraction of sp³-hybridized carbons (Fsp3) is 0.333. The van der Waals surface area contributed by atoms with E-state index in [0.717, 1.165) is 48.9 Å². The maximum atomic E-state index is 5.42. The van der Waals surface area contributed by atoms with Gasteiger partial charge in [-0.2, -0.15) is 0 Å². The van der Waals surface area contributed by atoms with Crippen molar-refractivity contribution in [1.82, 2.24) is 5.32 Å². The summed E-state index contributed by atoms with van der Waals surface area (Å²) in [7, 11) is 0. The van der Waals surface area contributed by atoms with Crippen LogP contribution in [0, 0.1) is 0 Å². The lowest BCUT2D eigenvalue weighted by atomic mass is 9.91. The van der Waals surface area contributed by atoms with Crippen molar-refractivity contribution in [3.63, 3.8) is 0 Å². The first-order valence-corrected chi connectivity index (χ1v) is 9.78. The summed E-state index contributed by atoms with van der Waals surface area (Å²) in [6.07, 6.45) is 0. The minimum atomic E-state index is -0.261. The van der Waals surface area contributed by atoms with Gasteiger partial charge in [0.25, 0.3) is 0 Å². The molecule has 1 aliphatic heterocycles. The molecule has 4 heteroatoms. The van der Waals surface area contributed by atoms with Gasteiger partial charge < -0.3 is 20.3 Å². The molecule has 0 bridgehead atoms. The molecule has 3 rings (SSSR count). The second kappa shape index (κ2) is 8.53. The highest BCUT2D eigenvalue weighted by Crippen LogP contribution is 2.25. The van der Waals surface area contributed by atoms with Crippen molar-refractivity contribution in [2.75, 3.05) is 36.5 Å². The molecule has 1 saturated heterocycles. The smallest absolute Gasteiger partial charge is 0.0963 e. The van der Waals surface area contributed by atoms with Gasteiger partial charge >= 0.3 is 0 Å². The molecule has 0 saturated carbocycles. The highest BCUT2D eigenvalue weighted by Gasteiger charge is 2.21. The van der Waals surface area contributed by atoms with Crippen LogP contribution in [0.3, 0.4) is 0 Å². The number of hydrogen-bond donors (Lipinski definition) is 2. The molecule has 1 aliphatic rings. The van der Waals surface area contributed by atoms with Gasteiger partial charge in [0.15, 0.2) is 0 Å². The number of allylic oxidation sites excluding steroid dienone is 1. The molecular weight excluding hydrogens is 346 g/mol. The Morgan fingerprint density at radius 3 is 2.36 bits per heavy atom. The predicted octanol–water partition coefficient (Wildman–Crippen LogP) is 4.96. The van der Waals surface area contributed by atoms with E-state index in [1.807, 2.05) is 6.92 Å². The number of hydrogen-bond acceptors (Lipinski definition) is 4. The summed E-state index contributed by atoms with van der Waals surface area (Å²) < 4.78 is 5.42. The average molecular weight is 378 g/mol. The molecule has 0 unspecified atom stereocenters. The Morgan fingerprint density at radius 2 is 1.71 bits per heavy atom. The van der Waals surface area contributed by atoms with Crippen LogP contribution < -0.4 is 15.5 Å². The lowest BCUT2D eigenvalue weighted by Gasteiger charge is -2.30. The summed E-state index contributed by atoms with van der Waals surface area (Å²) in [5.41, 5.74) is 5.40. The first-order chi connectivity index (χ1) is 13.3. The third-order valence-corrected chi connectivity index (χ3v) is 5.08. The molecular formula is C24H31N3O. The summed E-state index contributed by atoms with van der Waals surface area (Å²) in [5.74, 6) is 0.768. The maximum absolute atomic E-state index is 5.42. The van der Waals surface area contributed by atoms with E-state index < -0.39 is 0 Å². The summed E-state index contributed by atoms with van der Waals surface area (Å²) >= 11 is 0. The molecule has 0 amide bonds. The van der Waals surface area contributed by atoms with Gasteiger partial charge in [0, 0.05) is 24.5 Å². The van der Waals surface area contributed by atoms with Crippen molar-refractivity contribution < 1.29 is 4.74 Å². The molecule has 2 aromatic rings. The Labute approximate surface area is 168 Å². The van der Waals surface area contributed by atoms with E-state index in [1.54, 1.807) is 0 Å². The number of anilines is 2. The molecule has 0 aliphatic carbocycles. The fourth-order valence-corrected chi connectivity index (χ4v) is 3.41. The Hall–Kier alpha value is -2.72. The van der Waals surface area contributed by atoms with E-state index in [9.17, 15) is 0 Å². The third kappa shape index (κ3) is 4.96. The Bertz CT molecular complexity index is 833. The average Bonchev–Trinajstić information content (AvgIpc) is 2.69. The van der Waals surface area contributed by atoms with Crippen molar-refractivity contribution in [2.45, 2.75) is 26.3 Å². The normalized spacial score (nSPS) is 14.5. The van der Waals surface area contributed by atoms with Crippen molar-refractivity contribution in [1.29, 1.82) is 0 Å². The first kappa shape index (κ1) is 20.0. The van der Waals surface area contributed by atoms with Crippen molar-refractivity contribution in [2.24, 2.45) is 0 Å². The van der Waals surface area contributed by atoms with Gasteiger partial charge in [-0.3, -0.25) is 0 Å². The van der Waals surface area contributed by atoms with Crippen LogP contribution in [0.4, 0.5) is 11.4 Å². The largest absolute Gasteiger partial charge is 0.378 e. The third-order valence-electron chi connectivity index (χ3n) is 5.08. The molecule has 1 fully saturated rings. The number of nitrogens with one attached hydrogen (secondary N) is 2. The molecule has 2 aromatic carbocycles. The van der Waals surface area contributed by atoms with E-state index in [4.69, 9.17) is 4.74 Å². The lowest BCUT2D eigenvalue weighted by Crippen LogP contribution is -2.37. The summed E-state index contributed by atoms with van der Waals surface area (Å²) in [5, 5.41) is 6.87. The van der Waals surface area contributed by atoms with E-state index in [1.165, 1.54) is 11.3 Å². The summed E-state index contributed by atoms with van der Waals surface area (Å²) in [6.45, 7) is 18.0. The minimum absolute atomic E-state index is 0.261. The second-order valence-corrected chi connectivity index (χ2v) is 7.86. The van der Waals surface area contributed by atoms with Crippen molar-refractivity contribution in [3.8, 4) is 0 Å². The molecule has 0 spiro atoms. The van der Waals surface area contributed by atoms with Crippen LogP contribution in [0.1, 0.15) is 31.9 Å². The highest BCUT2D eigenvalue weighted by atomic mass is 16.5. The number of rotatable bonds is 7. The van der Waals surface area contributed by atoms with E-state index in [0.29, 0.717) is 0 Å². The quantitative estimate of drug-likeness (QED) is 0.715. The van der Waals surface area contributed by atoms with Crippen LogP contribution >= 0.6 is 0 Å². The topological polar surface area (TPSA) is 36.5 Å². The van der Waals surface area contributed by atoms with Crippen LogP contribution in [0.2, 0.25) is 0 Å². The van der Waals surface area contributed by atoms with Crippen LogP contribution in [-0.4, -0.2) is 26.3 Å². The number of ether oxygens (including phenoxy) is 1. The SMILES string of the molecule is C=C(Nc1ccc(N2CCOCC2)cc1)NC(C)(C)c1cccc(C(=C)C)c1. The molecule has 0 aromatic heterocycles. The van der Waals surface area contributed by atoms with Crippen LogP contribution in [-0.2, 0) is 10.3 Å². The Balaban J connectivity index is 1.62. The molecule has 0 radical (unpaired) electrons. The van der Waals surface area contributed by atoms with Crippen molar-refractivity contribution >= 4 is 16.9 Å². The number of benzene rings is 2. The predicted molar refractivity (Wildman–Crippen MR) is 120 cm³/mol. The van der Waals surface area contributed by atoms with Gasteiger partial charge in [-0.05, 0) is 62.2 Å². The number of morpholine rings is 1. The molecule has 28 heavy (non-hydrogen) atoms. The van der Waals surface area contributed by atoms with Gasteiger partial charge in [-0.25, -0.2) is 0 Å². The minimum Gasteiger partial charge on any atom is -0.378 e. The van der Waals surface area contributed by atoms with Gasteiger partial charge in [0.1, 0.15) is 0 Å². The van der Waals surface area contributed by atoms with Gasteiger partial charge in [0.2, 0.25) is 0 Å². The molecule has 0 atom stereocenters. The van der Waals surface area contributed by atoms with E-state index >= 15 is 0 Å².